The van der Waals surface area contributed by atoms with E-state index in [-0.39, 0.29) is 30.9 Å². The molecule has 0 aliphatic rings. The average Bonchev–Trinajstić information content (AvgIpc) is 3.37. The standard InChI is InChI=1S/C33H40N4O3/c1-25(2)21-37(33(39)24-40-29-10-6-5-7-11-29)23-32(38)36(22-26-14-16-28(17-15-26)35(3)4)19-18-27-20-34-31-13-9-8-12-30(27)31/h5-17,20,25,34H,18-19,21-24H2,1-4H3. The van der Waals surface area contributed by atoms with E-state index in [4.69, 9.17) is 4.74 Å². The molecule has 40 heavy (non-hydrogen) atoms. The number of nitrogens with one attached hydrogen (secondary N) is 1. The van der Waals surface area contributed by atoms with E-state index >= 15 is 0 Å². The van der Waals surface area contributed by atoms with Crippen LogP contribution >= 0.6 is 0 Å². The highest BCUT2D eigenvalue weighted by Gasteiger charge is 2.23. The Morgan fingerprint density at radius 2 is 1.55 bits per heavy atom. The Hall–Kier alpha value is -4.26. The van der Waals surface area contributed by atoms with Crippen molar-refractivity contribution in [3.63, 3.8) is 0 Å². The van der Waals surface area contributed by atoms with Gasteiger partial charge in [-0.25, -0.2) is 0 Å². The van der Waals surface area contributed by atoms with Gasteiger partial charge in [-0.1, -0.05) is 62.4 Å². The zero-order chi connectivity index (χ0) is 28.5. The summed E-state index contributed by atoms with van der Waals surface area (Å²) in [6.45, 7) is 5.49. The zero-order valence-electron chi connectivity index (χ0n) is 24.0. The topological polar surface area (TPSA) is 68.9 Å². The minimum absolute atomic E-state index is 0.0127. The van der Waals surface area contributed by atoms with Crippen molar-refractivity contribution in [3.8, 4) is 5.75 Å². The van der Waals surface area contributed by atoms with Crippen molar-refractivity contribution in [3.05, 3.63) is 96.2 Å². The predicted molar refractivity (Wildman–Crippen MR) is 162 cm³/mol. The lowest BCUT2D eigenvalue weighted by Gasteiger charge is -2.29. The van der Waals surface area contributed by atoms with Gasteiger partial charge in [0, 0.05) is 56.5 Å². The minimum Gasteiger partial charge on any atom is -0.484 e. The first-order valence-electron chi connectivity index (χ1n) is 13.8. The van der Waals surface area contributed by atoms with Crippen LogP contribution in [0.15, 0.2) is 85.1 Å². The number of anilines is 1. The highest BCUT2D eigenvalue weighted by Crippen LogP contribution is 2.20. The Bertz CT molecular complexity index is 1380. The normalized spacial score (nSPS) is 11.0. The summed E-state index contributed by atoms with van der Waals surface area (Å²) in [5.41, 5.74) is 4.41. The number of benzene rings is 3. The monoisotopic (exact) mass is 540 g/mol. The maximum absolute atomic E-state index is 13.8. The van der Waals surface area contributed by atoms with E-state index in [1.165, 1.54) is 10.9 Å². The van der Waals surface area contributed by atoms with Gasteiger partial charge in [0.1, 0.15) is 5.75 Å². The van der Waals surface area contributed by atoms with Crippen LogP contribution in [-0.2, 0) is 22.6 Å². The molecule has 1 N–H and O–H groups in total. The molecule has 4 rings (SSSR count). The smallest absolute Gasteiger partial charge is 0.260 e. The summed E-state index contributed by atoms with van der Waals surface area (Å²) < 4.78 is 5.71. The van der Waals surface area contributed by atoms with Gasteiger partial charge in [-0.2, -0.15) is 0 Å². The van der Waals surface area contributed by atoms with E-state index in [1.54, 1.807) is 4.90 Å². The number of H-pyrrole nitrogens is 1. The van der Waals surface area contributed by atoms with Crippen LogP contribution in [0.2, 0.25) is 0 Å². The van der Waals surface area contributed by atoms with Crippen molar-refractivity contribution < 1.29 is 14.3 Å². The van der Waals surface area contributed by atoms with Crippen LogP contribution in [0.3, 0.4) is 0 Å². The minimum atomic E-state index is -0.196. The second-order valence-corrected chi connectivity index (χ2v) is 10.8. The number of amides is 2. The highest BCUT2D eigenvalue weighted by molar-refractivity contribution is 5.86. The summed E-state index contributed by atoms with van der Waals surface area (Å²) in [5, 5.41) is 1.17. The van der Waals surface area contributed by atoms with Crippen molar-refractivity contribution >= 4 is 28.4 Å². The van der Waals surface area contributed by atoms with Crippen molar-refractivity contribution in [1.29, 1.82) is 0 Å². The van der Waals surface area contributed by atoms with E-state index in [0.717, 1.165) is 16.8 Å². The molecule has 0 fully saturated rings. The number of aromatic amines is 1. The maximum Gasteiger partial charge on any atom is 0.260 e. The first-order chi connectivity index (χ1) is 19.3. The van der Waals surface area contributed by atoms with Crippen LogP contribution in [0.25, 0.3) is 10.9 Å². The summed E-state index contributed by atoms with van der Waals surface area (Å²) >= 11 is 0. The first-order valence-corrected chi connectivity index (χ1v) is 13.8. The van der Waals surface area contributed by atoms with Gasteiger partial charge in [0.15, 0.2) is 6.61 Å². The molecular weight excluding hydrogens is 500 g/mol. The third-order valence-electron chi connectivity index (χ3n) is 6.87. The fourth-order valence-electron chi connectivity index (χ4n) is 4.72. The molecule has 0 saturated heterocycles. The number of para-hydroxylation sites is 2. The summed E-state index contributed by atoms with van der Waals surface area (Å²) in [4.78, 5) is 35.8. The molecule has 7 nitrogen and oxygen atoms in total. The third-order valence-corrected chi connectivity index (χ3v) is 6.87. The molecule has 1 heterocycles. The molecule has 3 aromatic carbocycles. The summed E-state index contributed by atoms with van der Waals surface area (Å²) in [5.74, 6) is 0.572. The van der Waals surface area contributed by atoms with E-state index in [9.17, 15) is 9.59 Å². The lowest BCUT2D eigenvalue weighted by molar-refractivity contribution is -0.142. The van der Waals surface area contributed by atoms with Gasteiger partial charge in [-0.05, 0) is 53.8 Å². The lowest BCUT2D eigenvalue weighted by atomic mass is 10.1. The van der Waals surface area contributed by atoms with Crippen LogP contribution in [0.5, 0.6) is 5.75 Å². The number of aromatic nitrogens is 1. The lowest BCUT2D eigenvalue weighted by Crippen LogP contribution is -2.46. The number of hydrogen-bond donors (Lipinski definition) is 1. The molecule has 0 atom stereocenters. The Morgan fingerprint density at radius 1 is 0.850 bits per heavy atom. The highest BCUT2D eigenvalue weighted by atomic mass is 16.5. The largest absolute Gasteiger partial charge is 0.484 e. The summed E-state index contributed by atoms with van der Waals surface area (Å²) in [7, 11) is 4.02. The van der Waals surface area contributed by atoms with Gasteiger partial charge in [0.25, 0.3) is 5.91 Å². The number of rotatable bonds is 13. The van der Waals surface area contributed by atoms with Crippen molar-refractivity contribution in [1.82, 2.24) is 14.8 Å². The molecular formula is C33H40N4O3. The molecule has 0 bridgehead atoms. The second-order valence-electron chi connectivity index (χ2n) is 10.8. The van der Waals surface area contributed by atoms with E-state index in [2.05, 4.69) is 46.3 Å². The van der Waals surface area contributed by atoms with Crippen molar-refractivity contribution in [2.45, 2.75) is 26.8 Å². The van der Waals surface area contributed by atoms with Gasteiger partial charge in [-0.15, -0.1) is 0 Å². The zero-order valence-corrected chi connectivity index (χ0v) is 24.0. The molecule has 4 aromatic rings. The van der Waals surface area contributed by atoms with Gasteiger partial charge < -0.3 is 24.4 Å². The van der Waals surface area contributed by atoms with Crippen LogP contribution in [0, 0.1) is 5.92 Å². The molecule has 210 valence electrons. The molecule has 0 spiro atoms. The molecule has 0 saturated carbocycles. The van der Waals surface area contributed by atoms with Crippen LogP contribution < -0.4 is 9.64 Å². The molecule has 0 aliphatic carbocycles. The van der Waals surface area contributed by atoms with E-state index in [1.807, 2.05) is 81.5 Å². The Balaban J connectivity index is 1.49. The number of carbonyl (C=O) groups is 2. The Morgan fingerprint density at radius 3 is 2.25 bits per heavy atom. The number of carbonyl (C=O) groups excluding carboxylic acids is 2. The Kier molecular flexibility index (Phi) is 9.84. The molecule has 2 amide bonds. The maximum atomic E-state index is 13.8. The average molecular weight is 541 g/mol. The number of hydrogen-bond acceptors (Lipinski definition) is 4. The molecule has 0 radical (unpaired) electrons. The van der Waals surface area contributed by atoms with E-state index in [0.29, 0.717) is 31.8 Å². The van der Waals surface area contributed by atoms with Gasteiger partial charge in [0.05, 0.1) is 6.54 Å². The van der Waals surface area contributed by atoms with Crippen molar-refractivity contribution in [2.75, 3.05) is 45.2 Å². The third kappa shape index (κ3) is 7.88. The van der Waals surface area contributed by atoms with Crippen LogP contribution in [0.4, 0.5) is 5.69 Å². The molecule has 0 unspecified atom stereocenters. The predicted octanol–water partition coefficient (Wildman–Crippen LogP) is 5.37. The fourth-order valence-corrected chi connectivity index (χ4v) is 4.72. The number of fused-ring (bicyclic) bond motifs is 1. The van der Waals surface area contributed by atoms with E-state index < -0.39 is 0 Å². The number of nitrogens with zero attached hydrogens (tertiary/aromatic N) is 3. The second kappa shape index (κ2) is 13.7. The summed E-state index contributed by atoms with van der Waals surface area (Å²) in [6.07, 6.45) is 2.73. The van der Waals surface area contributed by atoms with Gasteiger partial charge in [0.2, 0.25) is 5.91 Å². The Labute approximate surface area is 237 Å². The van der Waals surface area contributed by atoms with Crippen LogP contribution in [-0.4, -0.2) is 66.9 Å². The molecule has 1 aromatic heterocycles. The molecule has 0 aliphatic heterocycles. The number of ether oxygens (including phenoxy) is 1. The fraction of sp³-hybridized carbons (Fsp3) is 0.333. The SMILES string of the molecule is CC(C)CN(CC(=O)N(CCc1c[nH]c2ccccc12)Cc1ccc(N(C)C)cc1)C(=O)COc1ccccc1. The van der Waals surface area contributed by atoms with Crippen molar-refractivity contribution in [2.24, 2.45) is 5.92 Å². The van der Waals surface area contributed by atoms with Crippen LogP contribution in [0.1, 0.15) is 25.0 Å². The van der Waals surface area contributed by atoms with Gasteiger partial charge >= 0.3 is 0 Å². The van der Waals surface area contributed by atoms with Gasteiger partial charge in [-0.3, -0.25) is 9.59 Å². The summed E-state index contributed by atoms with van der Waals surface area (Å²) in [6, 6.07) is 25.7. The quantitative estimate of drug-likeness (QED) is 0.248. The first kappa shape index (κ1) is 28.7. The molecule has 7 heteroatoms.